The van der Waals surface area contributed by atoms with Gasteiger partial charge in [0, 0.05) is 24.6 Å². The van der Waals surface area contributed by atoms with Gasteiger partial charge in [0.15, 0.2) is 5.82 Å². The molecule has 2 rings (SSSR count). The first-order chi connectivity index (χ1) is 12.5. The molecule has 0 aliphatic carbocycles. The topological polar surface area (TPSA) is 112 Å². The fraction of sp³-hybridized carbons (Fsp3) is 0.294. The average Bonchev–Trinajstić information content (AvgIpc) is 3.07. The van der Waals surface area contributed by atoms with Crippen molar-refractivity contribution in [3.05, 3.63) is 42.1 Å². The van der Waals surface area contributed by atoms with Crippen LogP contribution in [0.2, 0.25) is 0 Å². The summed E-state index contributed by atoms with van der Waals surface area (Å²) < 4.78 is 11.1. The van der Waals surface area contributed by atoms with Crippen molar-refractivity contribution in [2.75, 3.05) is 24.4 Å². The summed E-state index contributed by atoms with van der Waals surface area (Å²) in [7, 11) is 1.27. The van der Waals surface area contributed by atoms with Gasteiger partial charge in [0.25, 0.3) is 0 Å². The van der Waals surface area contributed by atoms with E-state index in [4.69, 9.17) is 4.74 Å². The number of methoxy groups -OCH3 is 1. The lowest BCUT2D eigenvalue weighted by Gasteiger charge is -2.06. The lowest BCUT2D eigenvalue weighted by Crippen LogP contribution is -2.29. The number of rotatable bonds is 7. The predicted octanol–water partition coefficient (Wildman–Crippen LogP) is 1.17. The highest BCUT2D eigenvalue weighted by atomic mass is 16.5. The number of esters is 1. The van der Waals surface area contributed by atoms with E-state index in [9.17, 15) is 14.4 Å². The quantitative estimate of drug-likeness (QED) is 0.566. The molecule has 0 aliphatic rings. The lowest BCUT2D eigenvalue weighted by atomic mass is 10.2. The first kappa shape index (κ1) is 19.1. The van der Waals surface area contributed by atoms with Gasteiger partial charge in [-0.05, 0) is 24.6 Å². The number of nitrogens with one attached hydrogen (secondary N) is 2. The van der Waals surface area contributed by atoms with E-state index in [1.165, 1.54) is 24.1 Å². The van der Waals surface area contributed by atoms with Gasteiger partial charge in [-0.15, -0.1) is 0 Å². The van der Waals surface area contributed by atoms with Gasteiger partial charge in [-0.25, -0.2) is 0 Å². The molecule has 0 spiro atoms. The Balaban J connectivity index is 1.87. The van der Waals surface area contributed by atoms with E-state index in [1.807, 2.05) is 6.92 Å². The lowest BCUT2D eigenvalue weighted by molar-refractivity contribution is -0.141. The maximum Gasteiger partial charge on any atom is 0.327 e. The third-order valence-corrected chi connectivity index (χ3v) is 3.29. The van der Waals surface area contributed by atoms with Crippen LogP contribution < -0.4 is 10.6 Å². The highest BCUT2D eigenvalue weighted by Gasteiger charge is 2.15. The van der Waals surface area contributed by atoms with Crippen LogP contribution in [-0.2, 0) is 37.0 Å². The molecule has 26 heavy (non-hydrogen) atoms. The molecule has 1 aromatic carbocycles. The molecule has 2 N–H and O–H groups in total. The number of anilines is 2. The molecule has 0 saturated heterocycles. The molecular formula is C17H20N4O5. The maximum absolute atomic E-state index is 11.9. The molecule has 1 aromatic heterocycles. The van der Waals surface area contributed by atoms with Crippen molar-refractivity contribution in [1.29, 1.82) is 0 Å². The summed E-state index contributed by atoms with van der Waals surface area (Å²) >= 11 is 0. The summed E-state index contributed by atoms with van der Waals surface area (Å²) in [5.41, 5.74) is 1.45. The molecule has 0 bridgehead atoms. The van der Waals surface area contributed by atoms with Gasteiger partial charge in [0.05, 0.1) is 13.7 Å². The summed E-state index contributed by atoms with van der Waals surface area (Å²) in [6.07, 6.45) is 1.49. The van der Waals surface area contributed by atoms with Gasteiger partial charge < -0.3 is 20.1 Å². The van der Waals surface area contributed by atoms with E-state index in [-0.39, 0.29) is 12.4 Å². The molecule has 0 aliphatic heterocycles. The first-order valence-corrected chi connectivity index (χ1v) is 7.91. The third kappa shape index (κ3) is 5.71. The Morgan fingerprint density at radius 2 is 1.77 bits per heavy atom. The van der Waals surface area contributed by atoms with E-state index in [0.29, 0.717) is 18.9 Å². The largest absolute Gasteiger partial charge is 0.468 e. The molecule has 9 nitrogen and oxygen atoms in total. The van der Waals surface area contributed by atoms with Crippen molar-refractivity contribution in [3.8, 4) is 0 Å². The normalized spacial score (nSPS) is 10.2. The minimum atomic E-state index is -0.869. The highest BCUT2D eigenvalue weighted by molar-refractivity contribution is 6.43. The number of carbonyl (C=O) groups excluding carboxylic acids is 3. The van der Waals surface area contributed by atoms with Crippen LogP contribution in [0.5, 0.6) is 0 Å². The van der Waals surface area contributed by atoms with Crippen LogP contribution in [0.25, 0.3) is 0 Å². The van der Waals surface area contributed by atoms with Crippen molar-refractivity contribution in [2.45, 2.75) is 20.1 Å². The monoisotopic (exact) mass is 360 g/mol. The SMILES string of the molecule is CCOCc1ccc(NC(=O)C(=O)Nc2ccn(CC(=O)OC)n2)cc1. The Hall–Kier alpha value is -3.20. The second-order valence-electron chi connectivity index (χ2n) is 5.22. The number of aromatic nitrogens is 2. The number of nitrogens with zero attached hydrogens (tertiary/aromatic N) is 2. The van der Waals surface area contributed by atoms with Crippen LogP contribution in [-0.4, -0.2) is 41.3 Å². The van der Waals surface area contributed by atoms with Crippen LogP contribution in [0.1, 0.15) is 12.5 Å². The highest BCUT2D eigenvalue weighted by Crippen LogP contribution is 2.11. The van der Waals surface area contributed by atoms with Crippen LogP contribution in [0.3, 0.4) is 0 Å². The van der Waals surface area contributed by atoms with Gasteiger partial charge in [-0.1, -0.05) is 12.1 Å². The van der Waals surface area contributed by atoms with E-state index in [2.05, 4.69) is 20.5 Å². The summed E-state index contributed by atoms with van der Waals surface area (Å²) in [6, 6.07) is 8.45. The Kier molecular flexibility index (Phi) is 6.86. The smallest absolute Gasteiger partial charge is 0.327 e. The molecule has 0 radical (unpaired) electrons. The number of amides is 2. The van der Waals surface area contributed by atoms with Gasteiger partial charge in [0.1, 0.15) is 6.54 Å². The van der Waals surface area contributed by atoms with Crippen molar-refractivity contribution >= 4 is 29.3 Å². The molecule has 138 valence electrons. The molecule has 0 saturated carbocycles. The second kappa shape index (κ2) is 9.33. The second-order valence-corrected chi connectivity index (χ2v) is 5.22. The summed E-state index contributed by atoms with van der Waals surface area (Å²) in [5.74, 6) is -2.02. The Labute approximate surface area is 150 Å². The van der Waals surface area contributed by atoms with E-state index < -0.39 is 17.8 Å². The first-order valence-electron chi connectivity index (χ1n) is 7.91. The number of carbonyl (C=O) groups is 3. The van der Waals surface area contributed by atoms with Gasteiger partial charge in [-0.3, -0.25) is 19.1 Å². The van der Waals surface area contributed by atoms with Crippen molar-refractivity contribution in [3.63, 3.8) is 0 Å². The van der Waals surface area contributed by atoms with Crippen LogP contribution in [0.4, 0.5) is 11.5 Å². The van der Waals surface area contributed by atoms with Crippen LogP contribution in [0.15, 0.2) is 36.5 Å². The number of hydrogen-bond acceptors (Lipinski definition) is 6. The van der Waals surface area contributed by atoms with E-state index in [1.54, 1.807) is 24.3 Å². The minimum Gasteiger partial charge on any atom is -0.468 e. The average molecular weight is 360 g/mol. The number of hydrogen-bond donors (Lipinski definition) is 2. The Morgan fingerprint density at radius 3 is 2.42 bits per heavy atom. The van der Waals surface area contributed by atoms with Crippen LogP contribution >= 0.6 is 0 Å². The predicted molar refractivity (Wildman–Crippen MR) is 93.3 cm³/mol. The molecule has 2 amide bonds. The van der Waals surface area contributed by atoms with Crippen molar-refractivity contribution in [2.24, 2.45) is 0 Å². The molecule has 0 fully saturated rings. The Bertz CT molecular complexity index is 770. The molecule has 9 heteroatoms. The summed E-state index contributed by atoms with van der Waals surface area (Å²) in [4.78, 5) is 35.0. The maximum atomic E-state index is 11.9. The van der Waals surface area contributed by atoms with Crippen molar-refractivity contribution in [1.82, 2.24) is 9.78 Å². The zero-order valence-electron chi connectivity index (χ0n) is 14.5. The molecule has 2 aromatic rings. The third-order valence-electron chi connectivity index (χ3n) is 3.29. The standard InChI is InChI=1S/C17H20N4O5/c1-3-26-11-12-4-6-13(7-5-12)18-16(23)17(24)19-14-8-9-21(20-14)10-15(22)25-2/h4-9H,3,10-11H2,1-2H3,(H,18,23)(H,19,20,24). The van der Waals surface area contributed by atoms with Gasteiger partial charge in [-0.2, -0.15) is 5.10 Å². The van der Waals surface area contributed by atoms with Gasteiger partial charge in [0.2, 0.25) is 0 Å². The number of benzene rings is 1. The molecule has 0 atom stereocenters. The fourth-order valence-electron chi connectivity index (χ4n) is 1.98. The van der Waals surface area contributed by atoms with Crippen molar-refractivity contribution < 1.29 is 23.9 Å². The van der Waals surface area contributed by atoms with Crippen LogP contribution in [0, 0.1) is 0 Å². The molecule has 0 unspecified atom stereocenters. The Morgan fingerprint density at radius 1 is 1.08 bits per heavy atom. The molecular weight excluding hydrogens is 340 g/mol. The van der Waals surface area contributed by atoms with Gasteiger partial charge >= 0.3 is 17.8 Å². The summed E-state index contributed by atoms with van der Waals surface area (Å²) in [5, 5.41) is 8.81. The fourth-order valence-corrected chi connectivity index (χ4v) is 1.98. The summed E-state index contributed by atoms with van der Waals surface area (Å²) in [6.45, 7) is 2.92. The minimum absolute atomic E-state index is 0.0906. The number of ether oxygens (including phenoxy) is 2. The zero-order valence-corrected chi connectivity index (χ0v) is 14.5. The molecule has 1 heterocycles. The zero-order chi connectivity index (χ0) is 18.9. The van der Waals surface area contributed by atoms with E-state index >= 15 is 0 Å². The van der Waals surface area contributed by atoms with E-state index in [0.717, 1.165) is 5.56 Å².